The quantitative estimate of drug-likeness (QED) is 0.734. The minimum atomic E-state index is -0.314. The molecule has 0 spiro atoms. The molecule has 0 radical (unpaired) electrons. The van der Waals surface area contributed by atoms with Gasteiger partial charge in [-0.05, 0) is 31.9 Å². The summed E-state index contributed by atoms with van der Waals surface area (Å²) >= 11 is 0. The Hall–Kier alpha value is -1.84. The second-order valence-electron chi connectivity index (χ2n) is 4.09. The van der Waals surface area contributed by atoms with Crippen molar-refractivity contribution >= 4 is 17.4 Å². The van der Waals surface area contributed by atoms with Crippen LogP contribution in [0.15, 0.2) is 35.4 Å². The lowest BCUT2D eigenvalue weighted by Gasteiger charge is -2.31. The zero-order chi connectivity index (χ0) is 12.3. The Morgan fingerprint density at radius 3 is 2.76 bits per heavy atom. The molecule has 0 amide bonds. The highest BCUT2D eigenvalue weighted by atomic mass is 16.5. The number of hydrogen-bond acceptors (Lipinski definition) is 4. The Morgan fingerprint density at radius 2 is 2.12 bits per heavy atom. The van der Waals surface area contributed by atoms with Crippen LogP contribution in [0.2, 0.25) is 0 Å². The lowest BCUT2D eigenvalue weighted by atomic mass is 10.1. The van der Waals surface area contributed by atoms with Crippen LogP contribution in [0.4, 0.5) is 5.69 Å². The van der Waals surface area contributed by atoms with Gasteiger partial charge in [0.05, 0.1) is 12.8 Å². The van der Waals surface area contributed by atoms with Crippen molar-refractivity contribution in [3.63, 3.8) is 0 Å². The minimum absolute atomic E-state index is 0.231. The number of nitrogens with zero attached hydrogens (tertiary/aromatic N) is 2. The summed E-state index contributed by atoms with van der Waals surface area (Å²) in [6.45, 7) is 1.98. The fourth-order valence-corrected chi connectivity index (χ4v) is 1.94. The summed E-state index contributed by atoms with van der Waals surface area (Å²) in [7, 11) is 1.41. The maximum Gasteiger partial charge on any atom is 0.330 e. The summed E-state index contributed by atoms with van der Waals surface area (Å²) in [4.78, 5) is 11.7. The van der Waals surface area contributed by atoms with Crippen LogP contribution in [0.1, 0.15) is 19.8 Å². The zero-order valence-electron chi connectivity index (χ0n) is 10.1. The standard InChI is InChI=1S/C13H16N2O2/c1-10-8-9-12(13(16)17-2)15(14-10)11-6-4-3-5-7-11/h3-7,12H,8-9H2,1-2H3. The van der Waals surface area contributed by atoms with Crippen LogP contribution in [0.25, 0.3) is 0 Å². The van der Waals surface area contributed by atoms with E-state index in [4.69, 9.17) is 4.74 Å². The van der Waals surface area contributed by atoms with Crippen molar-refractivity contribution < 1.29 is 9.53 Å². The van der Waals surface area contributed by atoms with Crippen LogP contribution in [-0.2, 0) is 9.53 Å². The van der Waals surface area contributed by atoms with E-state index in [2.05, 4.69) is 5.10 Å². The average molecular weight is 232 g/mol. The SMILES string of the molecule is COC(=O)C1CCC(C)=NN1c1ccccc1. The molecule has 1 aromatic rings. The highest BCUT2D eigenvalue weighted by Crippen LogP contribution is 2.24. The van der Waals surface area contributed by atoms with E-state index in [1.807, 2.05) is 37.3 Å². The summed E-state index contributed by atoms with van der Waals surface area (Å²) in [5.41, 5.74) is 1.95. The van der Waals surface area contributed by atoms with E-state index >= 15 is 0 Å². The van der Waals surface area contributed by atoms with Crippen LogP contribution >= 0.6 is 0 Å². The number of hydrazone groups is 1. The van der Waals surface area contributed by atoms with Crippen LogP contribution < -0.4 is 5.01 Å². The molecule has 1 heterocycles. The third-order valence-corrected chi connectivity index (χ3v) is 2.85. The van der Waals surface area contributed by atoms with Gasteiger partial charge in [0.2, 0.25) is 0 Å². The van der Waals surface area contributed by atoms with Crippen LogP contribution in [0.3, 0.4) is 0 Å². The molecule has 4 heteroatoms. The van der Waals surface area contributed by atoms with Gasteiger partial charge >= 0.3 is 5.97 Å². The van der Waals surface area contributed by atoms with Crippen LogP contribution in [0.5, 0.6) is 0 Å². The van der Waals surface area contributed by atoms with E-state index in [9.17, 15) is 4.79 Å². The molecule has 0 aromatic heterocycles. The number of anilines is 1. The highest BCUT2D eigenvalue weighted by molar-refractivity contribution is 5.88. The van der Waals surface area contributed by atoms with Gasteiger partial charge in [0, 0.05) is 5.71 Å². The van der Waals surface area contributed by atoms with Gasteiger partial charge in [-0.3, -0.25) is 5.01 Å². The van der Waals surface area contributed by atoms with Gasteiger partial charge in [-0.1, -0.05) is 18.2 Å². The number of carbonyl (C=O) groups is 1. The van der Waals surface area contributed by atoms with Crippen molar-refractivity contribution in [2.75, 3.05) is 12.1 Å². The first-order valence-corrected chi connectivity index (χ1v) is 5.68. The van der Waals surface area contributed by atoms with Gasteiger partial charge in [-0.25, -0.2) is 4.79 Å². The predicted molar refractivity (Wildman–Crippen MR) is 67.1 cm³/mol. The first-order valence-electron chi connectivity index (χ1n) is 5.68. The van der Waals surface area contributed by atoms with Crippen molar-refractivity contribution in [2.24, 2.45) is 5.10 Å². The maximum atomic E-state index is 11.7. The molecule has 0 fully saturated rings. The average Bonchev–Trinajstić information content (AvgIpc) is 2.39. The molecule has 0 saturated heterocycles. The van der Waals surface area contributed by atoms with Crippen molar-refractivity contribution in [2.45, 2.75) is 25.8 Å². The minimum Gasteiger partial charge on any atom is -0.467 e. The Bertz CT molecular complexity index is 428. The molecule has 1 atom stereocenters. The van der Waals surface area contributed by atoms with Crippen molar-refractivity contribution in [1.82, 2.24) is 0 Å². The largest absolute Gasteiger partial charge is 0.467 e. The third-order valence-electron chi connectivity index (χ3n) is 2.85. The molecule has 1 aromatic carbocycles. The molecule has 1 unspecified atom stereocenters. The monoisotopic (exact) mass is 232 g/mol. The molecular weight excluding hydrogens is 216 g/mol. The van der Waals surface area contributed by atoms with Gasteiger partial charge in [0.15, 0.2) is 6.04 Å². The van der Waals surface area contributed by atoms with Gasteiger partial charge in [-0.2, -0.15) is 5.10 Å². The van der Waals surface area contributed by atoms with Gasteiger partial charge in [0.25, 0.3) is 0 Å². The molecule has 0 bridgehead atoms. The van der Waals surface area contributed by atoms with Crippen molar-refractivity contribution in [3.8, 4) is 0 Å². The van der Waals surface area contributed by atoms with Crippen molar-refractivity contribution in [3.05, 3.63) is 30.3 Å². The molecule has 1 aliphatic heterocycles. The number of ether oxygens (including phenoxy) is 1. The molecule has 17 heavy (non-hydrogen) atoms. The summed E-state index contributed by atoms with van der Waals surface area (Å²) in [5.74, 6) is -0.231. The molecular formula is C13H16N2O2. The van der Waals surface area contributed by atoms with E-state index in [0.717, 1.165) is 24.2 Å². The Kier molecular flexibility index (Phi) is 3.42. The lowest BCUT2D eigenvalue weighted by Crippen LogP contribution is -2.42. The molecule has 1 aliphatic rings. The second-order valence-corrected chi connectivity index (χ2v) is 4.09. The number of benzene rings is 1. The van der Waals surface area contributed by atoms with Gasteiger partial charge in [-0.15, -0.1) is 0 Å². The normalized spacial score (nSPS) is 19.8. The Balaban J connectivity index is 2.32. The van der Waals surface area contributed by atoms with E-state index < -0.39 is 0 Å². The fraction of sp³-hybridized carbons (Fsp3) is 0.385. The molecule has 0 aliphatic carbocycles. The van der Waals surface area contributed by atoms with Crippen LogP contribution in [-0.4, -0.2) is 24.8 Å². The van der Waals surface area contributed by atoms with Crippen LogP contribution in [0, 0.1) is 0 Å². The Morgan fingerprint density at radius 1 is 1.41 bits per heavy atom. The Labute approximate surface area is 101 Å². The first kappa shape index (κ1) is 11.6. The highest BCUT2D eigenvalue weighted by Gasteiger charge is 2.30. The summed E-state index contributed by atoms with van der Waals surface area (Å²) in [5, 5.41) is 6.21. The second kappa shape index (κ2) is 4.99. The van der Waals surface area contributed by atoms with Gasteiger partial charge in [0.1, 0.15) is 0 Å². The number of para-hydroxylation sites is 1. The zero-order valence-corrected chi connectivity index (χ0v) is 10.1. The maximum absolute atomic E-state index is 11.7. The van der Waals surface area contributed by atoms with E-state index in [1.54, 1.807) is 5.01 Å². The molecule has 90 valence electrons. The predicted octanol–water partition coefficient (Wildman–Crippen LogP) is 2.20. The molecule has 0 N–H and O–H groups in total. The first-order chi connectivity index (χ1) is 8.22. The number of hydrogen-bond donors (Lipinski definition) is 0. The summed E-state index contributed by atoms with van der Waals surface area (Å²) in [6, 6.07) is 9.38. The smallest absolute Gasteiger partial charge is 0.330 e. The number of rotatable bonds is 2. The topological polar surface area (TPSA) is 41.9 Å². The molecule has 2 rings (SSSR count). The van der Waals surface area contributed by atoms with Crippen molar-refractivity contribution in [1.29, 1.82) is 0 Å². The number of esters is 1. The van der Waals surface area contributed by atoms with Gasteiger partial charge < -0.3 is 4.74 Å². The number of carbonyl (C=O) groups excluding carboxylic acids is 1. The van der Waals surface area contributed by atoms with E-state index in [1.165, 1.54) is 7.11 Å². The van der Waals surface area contributed by atoms with E-state index in [0.29, 0.717) is 0 Å². The summed E-state index contributed by atoms with van der Waals surface area (Å²) < 4.78 is 4.83. The summed E-state index contributed by atoms with van der Waals surface area (Å²) in [6.07, 6.45) is 1.58. The number of methoxy groups -OCH3 is 1. The third kappa shape index (κ3) is 2.46. The lowest BCUT2D eigenvalue weighted by molar-refractivity contribution is -0.142. The molecule has 0 saturated carbocycles. The van der Waals surface area contributed by atoms with E-state index in [-0.39, 0.29) is 12.0 Å². The fourth-order valence-electron chi connectivity index (χ4n) is 1.94. The molecule has 4 nitrogen and oxygen atoms in total.